The average molecular weight is 261 g/mol. The number of aryl methyl sites for hydroxylation is 1. The molecule has 7 heteroatoms. The van der Waals surface area contributed by atoms with Crippen LogP contribution in [0.3, 0.4) is 0 Å². The number of anilines is 1. The third-order valence-electron chi connectivity index (χ3n) is 2.66. The second-order valence-electron chi connectivity index (χ2n) is 4.11. The van der Waals surface area contributed by atoms with Gasteiger partial charge in [0.25, 0.3) is 0 Å². The van der Waals surface area contributed by atoms with Crippen molar-refractivity contribution in [1.29, 1.82) is 5.41 Å². The summed E-state index contributed by atoms with van der Waals surface area (Å²) >= 11 is 0. The predicted octanol–water partition coefficient (Wildman–Crippen LogP) is 1.62. The average Bonchev–Trinajstić information content (AvgIpc) is 2.78. The molecule has 0 atom stereocenters. The van der Waals surface area contributed by atoms with Gasteiger partial charge in [0.1, 0.15) is 18.0 Å². The minimum absolute atomic E-state index is 0.0227. The number of rotatable bonds is 4. The molecule has 0 aliphatic carbocycles. The monoisotopic (exact) mass is 261 g/mol. The lowest BCUT2D eigenvalue weighted by Gasteiger charge is -2.11. The molecule has 1 aliphatic heterocycles. The summed E-state index contributed by atoms with van der Waals surface area (Å²) in [6, 6.07) is 3.27. The van der Waals surface area contributed by atoms with Crippen molar-refractivity contribution < 1.29 is 10.2 Å². The Balaban J connectivity index is 2.37. The van der Waals surface area contributed by atoms with Crippen LogP contribution in [0, 0.1) is 12.3 Å². The number of benzene rings is 1. The van der Waals surface area contributed by atoms with E-state index in [1.165, 1.54) is 0 Å². The third-order valence-corrected chi connectivity index (χ3v) is 2.66. The zero-order valence-corrected chi connectivity index (χ0v) is 10.5. The van der Waals surface area contributed by atoms with Crippen molar-refractivity contribution >= 4 is 22.9 Å². The van der Waals surface area contributed by atoms with Crippen LogP contribution in [0.15, 0.2) is 27.4 Å². The van der Waals surface area contributed by atoms with E-state index >= 15 is 0 Å². The normalized spacial score (nSPS) is 16.3. The molecule has 0 unspecified atom stereocenters. The lowest BCUT2D eigenvalue weighted by Crippen LogP contribution is -2.09. The molecule has 0 saturated carbocycles. The molecule has 0 radical (unpaired) electrons. The van der Waals surface area contributed by atoms with E-state index in [-0.39, 0.29) is 24.7 Å². The number of aliphatic hydroxyl groups is 1. The van der Waals surface area contributed by atoms with Gasteiger partial charge in [-0.2, -0.15) is 5.11 Å². The zero-order chi connectivity index (χ0) is 13.8. The second kappa shape index (κ2) is 5.57. The number of azo groups is 1. The van der Waals surface area contributed by atoms with Crippen molar-refractivity contribution in [1.82, 2.24) is 0 Å². The minimum Gasteiger partial charge on any atom is -0.508 e. The number of aliphatic hydroxyl groups excluding tert-OH is 1. The summed E-state index contributed by atoms with van der Waals surface area (Å²) in [5.41, 5.74) is 2.37. The zero-order valence-electron chi connectivity index (χ0n) is 10.5. The summed E-state index contributed by atoms with van der Waals surface area (Å²) in [7, 11) is 0. The van der Waals surface area contributed by atoms with Crippen LogP contribution in [0.25, 0.3) is 0 Å². The number of phenolic OH excluding ortho intramolecular Hbond substituents is 1. The van der Waals surface area contributed by atoms with E-state index in [0.717, 1.165) is 0 Å². The van der Waals surface area contributed by atoms with E-state index in [0.29, 0.717) is 29.2 Å². The third kappa shape index (κ3) is 2.94. The van der Waals surface area contributed by atoms with Crippen LogP contribution in [-0.2, 0) is 0 Å². The Bertz CT molecular complexity index is 565. The molecule has 1 aliphatic rings. The topological polar surface area (TPSA) is 113 Å². The molecular formula is C12H15N5O2. The van der Waals surface area contributed by atoms with Crippen LogP contribution in [0.1, 0.15) is 5.56 Å². The van der Waals surface area contributed by atoms with Gasteiger partial charge in [-0.3, -0.25) is 5.41 Å². The number of amidine groups is 1. The second-order valence-corrected chi connectivity index (χ2v) is 4.11. The van der Waals surface area contributed by atoms with Gasteiger partial charge in [0.05, 0.1) is 18.0 Å². The van der Waals surface area contributed by atoms with E-state index < -0.39 is 0 Å². The van der Waals surface area contributed by atoms with E-state index in [2.05, 4.69) is 20.5 Å². The first-order valence-corrected chi connectivity index (χ1v) is 5.84. The highest BCUT2D eigenvalue weighted by Gasteiger charge is 2.14. The molecule has 1 aromatic carbocycles. The van der Waals surface area contributed by atoms with Gasteiger partial charge >= 0.3 is 0 Å². The molecule has 100 valence electrons. The van der Waals surface area contributed by atoms with Gasteiger partial charge in [-0.1, -0.05) is 0 Å². The molecule has 0 bridgehead atoms. The maximum Gasteiger partial charge on any atom is 0.190 e. The Morgan fingerprint density at radius 3 is 2.89 bits per heavy atom. The highest BCUT2D eigenvalue weighted by Crippen LogP contribution is 2.32. The lowest BCUT2D eigenvalue weighted by atomic mass is 10.1. The first-order chi connectivity index (χ1) is 9.11. The summed E-state index contributed by atoms with van der Waals surface area (Å²) in [6.07, 6.45) is 0. The summed E-state index contributed by atoms with van der Waals surface area (Å²) in [5.74, 6) is 0.207. The summed E-state index contributed by atoms with van der Waals surface area (Å²) < 4.78 is 0. The molecule has 1 heterocycles. The molecule has 0 fully saturated rings. The molecule has 7 nitrogen and oxygen atoms in total. The molecule has 0 saturated heterocycles. The van der Waals surface area contributed by atoms with Crippen LogP contribution >= 0.6 is 0 Å². The van der Waals surface area contributed by atoms with Gasteiger partial charge in [-0.25, -0.2) is 4.99 Å². The molecule has 0 amide bonds. The first-order valence-electron chi connectivity index (χ1n) is 5.84. The van der Waals surface area contributed by atoms with E-state index in [4.69, 9.17) is 10.5 Å². The number of nitrogens with zero attached hydrogens (tertiary/aromatic N) is 3. The Kier molecular flexibility index (Phi) is 3.86. The van der Waals surface area contributed by atoms with Crippen molar-refractivity contribution in [2.24, 2.45) is 15.2 Å². The van der Waals surface area contributed by atoms with Gasteiger partial charge in [0, 0.05) is 12.6 Å². The Hall–Kier alpha value is -2.28. The number of nitrogens with one attached hydrogen (secondary N) is 2. The number of hydrogen-bond donors (Lipinski definition) is 4. The quantitative estimate of drug-likeness (QED) is 0.660. The maximum atomic E-state index is 9.71. The summed E-state index contributed by atoms with van der Waals surface area (Å²) in [5, 5.41) is 36.4. The van der Waals surface area contributed by atoms with Gasteiger partial charge < -0.3 is 15.5 Å². The molecule has 0 aromatic heterocycles. The van der Waals surface area contributed by atoms with Crippen LogP contribution in [0.4, 0.5) is 11.4 Å². The number of phenols is 1. The number of aromatic hydroxyl groups is 1. The highest BCUT2D eigenvalue weighted by atomic mass is 16.3. The fraction of sp³-hybridized carbons (Fsp3) is 0.333. The smallest absolute Gasteiger partial charge is 0.190 e. The van der Waals surface area contributed by atoms with Gasteiger partial charge in [-0.15, -0.1) is 5.11 Å². The van der Waals surface area contributed by atoms with Gasteiger partial charge in [0.2, 0.25) is 0 Å². The predicted molar refractivity (Wildman–Crippen MR) is 73.0 cm³/mol. The molecule has 0 spiro atoms. The van der Waals surface area contributed by atoms with E-state index in [1.807, 2.05) is 0 Å². The summed E-state index contributed by atoms with van der Waals surface area (Å²) in [6.45, 7) is 2.39. The Morgan fingerprint density at radius 1 is 1.47 bits per heavy atom. The number of hydrogen-bond acceptors (Lipinski definition) is 6. The molecule has 2 rings (SSSR count). The minimum atomic E-state index is -0.0227. The van der Waals surface area contributed by atoms with Crippen LogP contribution in [0.5, 0.6) is 5.75 Å². The van der Waals surface area contributed by atoms with Crippen molar-refractivity contribution in [3.05, 3.63) is 17.7 Å². The molecular weight excluding hydrogens is 246 g/mol. The molecule has 19 heavy (non-hydrogen) atoms. The fourth-order valence-electron chi connectivity index (χ4n) is 1.65. The van der Waals surface area contributed by atoms with Crippen molar-refractivity contribution in [2.45, 2.75) is 6.92 Å². The molecule has 4 N–H and O–H groups in total. The standard InChI is InChI=1S/C12H15N5O2/c1-7-4-9(16-10-6-15-17-12(10)13)8(5-11(7)19)14-2-3-18/h4-5,13-14,18-19H,2-3,6H2,1H3. The van der Waals surface area contributed by atoms with Crippen molar-refractivity contribution in [2.75, 3.05) is 25.0 Å². The maximum absolute atomic E-state index is 9.71. The molecule has 1 aromatic rings. The van der Waals surface area contributed by atoms with E-state index in [9.17, 15) is 5.11 Å². The van der Waals surface area contributed by atoms with Crippen LogP contribution < -0.4 is 5.32 Å². The van der Waals surface area contributed by atoms with Gasteiger partial charge in [-0.05, 0) is 18.6 Å². The van der Waals surface area contributed by atoms with Crippen molar-refractivity contribution in [3.8, 4) is 5.75 Å². The lowest BCUT2D eigenvalue weighted by molar-refractivity contribution is 0.311. The largest absolute Gasteiger partial charge is 0.508 e. The Morgan fingerprint density at radius 2 is 2.26 bits per heavy atom. The van der Waals surface area contributed by atoms with Crippen LogP contribution in [-0.4, -0.2) is 41.5 Å². The van der Waals surface area contributed by atoms with Crippen LogP contribution in [0.2, 0.25) is 0 Å². The highest BCUT2D eigenvalue weighted by molar-refractivity contribution is 6.43. The Labute approximate surface area is 110 Å². The fourth-order valence-corrected chi connectivity index (χ4v) is 1.65. The first kappa shape index (κ1) is 13.2. The summed E-state index contributed by atoms with van der Waals surface area (Å²) in [4.78, 5) is 4.34. The SMILES string of the molecule is Cc1cc(N=C2CN=NC2=N)c(NCCO)cc1O. The van der Waals surface area contributed by atoms with Gasteiger partial charge in [0.15, 0.2) is 5.84 Å². The van der Waals surface area contributed by atoms with E-state index in [1.54, 1.807) is 19.1 Å². The van der Waals surface area contributed by atoms with Crippen molar-refractivity contribution in [3.63, 3.8) is 0 Å². The number of aliphatic imine (C=N–C) groups is 1.